The van der Waals surface area contributed by atoms with E-state index in [4.69, 9.17) is 4.42 Å². The second-order valence-electron chi connectivity index (χ2n) is 4.28. The minimum Gasteiger partial charge on any atom is -0.508 e. The third kappa shape index (κ3) is 3.64. The summed E-state index contributed by atoms with van der Waals surface area (Å²) < 4.78 is 5.01. The van der Waals surface area contributed by atoms with Crippen LogP contribution in [0.3, 0.4) is 0 Å². The number of nitrogens with one attached hydrogen (secondary N) is 1. The standard InChI is InChI=1S/C14H17NO2/c1-11(15-9-13-6-7-17-10-13)8-12-2-4-14(16)5-3-12/h2-7,10-11,15-16H,8-9H2,1H3. The summed E-state index contributed by atoms with van der Waals surface area (Å²) in [5.74, 6) is 0.313. The van der Waals surface area contributed by atoms with Crippen molar-refractivity contribution in [2.24, 2.45) is 0 Å². The maximum atomic E-state index is 9.19. The van der Waals surface area contributed by atoms with Crippen LogP contribution in [-0.4, -0.2) is 11.1 Å². The number of hydrogen-bond donors (Lipinski definition) is 2. The molecule has 3 heteroatoms. The van der Waals surface area contributed by atoms with Crippen LogP contribution < -0.4 is 5.32 Å². The van der Waals surface area contributed by atoms with Gasteiger partial charge in [-0.2, -0.15) is 0 Å². The lowest BCUT2D eigenvalue weighted by Crippen LogP contribution is -2.27. The highest BCUT2D eigenvalue weighted by Crippen LogP contribution is 2.11. The van der Waals surface area contributed by atoms with Crippen LogP contribution in [-0.2, 0) is 13.0 Å². The molecule has 1 heterocycles. The highest BCUT2D eigenvalue weighted by Gasteiger charge is 2.03. The van der Waals surface area contributed by atoms with E-state index in [9.17, 15) is 5.11 Å². The summed E-state index contributed by atoms with van der Waals surface area (Å²) in [6, 6.07) is 9.68. The fourth-order valence-electron chi connectivity index (χ4n) is 1.74. The Bertz CT molecular complexity index is 434. The second kappa shape index (κ2) is 5.55. The van der Waals surface area contributed by atoms with E-state index in [-0.39, 0.29) is 0 Å². The minimum atomic E-state index is 0.313. The van der Waals surface area contributed by atoms with Crippen molar-refractivity contribution in [3.05, 3.63) is 54.0 Å². The Labute approximate surface area is 101 Å². The Morgan fingerprint density at radius 3 is 2.59 bits per heavy atom. The molecule has 0 saturated carbocycles. The van der Waals surface area contributed by atoms with Crippen LogP contribution >= 0.6 is 0 Å². The molecule has 2 N–H and O–H groups in total. The number of hydrogen-bond acceptors (Lipinski definition) is 3. The SMILES string of the molecule is CC(Cc1ccc(O)cc1)NCc1ccoc1. The van der Waals surface area contributed by atoms with E-state index < -0.39 is 0 Å². The van der Waals surface area contributed by atoms with Gasteiger partial charge in [0, 0.05) is 18.2 Å². The van der Waals surface area contributed by atoms with Crippen LogP contribution in [0.5, 0.6) is 5.75 Å². The fraction of sp³-hybridized carbons (Fsp3) is 0.286. The lowest BCUT2D eigenvalue weighted by Gasteiger charge is -2.13. The van der Waals surface area contributed by atoms with Gasteiger partial charge in [-0.1, -0.05) is 12.1 Å². The van der Waals surface area contributed by atoms with E-state index in [1.165, 1.54) is 5.56 Å². The van der Waals surface area contributed by atoms with Gasteiger partial charge >= 0.3 is 0 Å². The van der Waals surface area contributed by atoms with Crippen LogP contribution in [0.4, 0.5) is 0 Å². The molecule has 90 valence electrons. The van der Waals surface area contributed by atoms with Gasteiger partial charge in [-0.25, -0.2) is 0 Å². The third-order valence-corrected chi connectivity index (χ3v) is 2.71. The van der Waals surface area contributed by atoms with Crippen molar-refractivity contribution in [2.45, 2.75) is 25.9 Å². The molecule has 2 rings (SSSR count). The number of phenols is 1. The van der Waals surface area contributed by atoms with E-state index in [1.807, 2.05) is 18.2 Å². The molecule has 0 fully saturated rings. The van der Waals surface area contributed by atoms with Crippen LogP contribution in [0.15, 0.2) is 47.3 Å². The maximum Gasteiger partial charge on any atom is 0.115 e. The number of benzene rings is 1. The van der Waals surface area contributed by atoms with Gasteiger partial charge < -0.3 is 14.8 Å². The topological polar surface area (TPSA) is 45.4 Å². The molecular formula is C14H17NO2. The molecule has 0 aliphatic heterocycles. The van der Waals surface area contributed by atoms with Crippen LogP contribution in [0.1, 0.15) is 18.1 Å². The van der Waals surface area contributed by atoms with Gasteiger partial charge in [0.1, 0.15) is 5.75 Å². The number of aromatic hydroxyl groups is 1. The molecule has 0 spiro atoms. The molecule has 3 nitrogen and oxygen atoms in total. The lowest BCUT2D eigenvalue weighted by molar-refractivity contribution is 0.474. The first-order valence-electron chi connectivity index (χ1n) is 5.76. The average Bonchev–Trinajstić information content (AvgIpc) is 2.83. The molecule has 0 aliphatic rings. The van der Waals surface area contributed by atoms with Crippen LogP contribution in [0.25, 0.3) is 0 Å². The summed E-state index contributed by atoms with van der Waals surface area (Å²) in [5.41, 5.74) is 2.37. The van der Waals surface area contributed by atoms with E-state index in [2.05, 4.69) is 12.2 Å². The fourth-order valence-corrected chi connectivity index (χ4v) is 1.74. The summed E-state index contributed by atoms with van der Waals surface area (Å²) >= 11 is 0. The molecule has 0 bridgehead atoms. The van der Waals surface area contributed by atoms with Crippen molar-refractivity contribution in [1.29, 1.82) is 0 Å². The summed E-state index contributed by atoms with van der Waals surface area (Å²) in [4.78, 5) is 0. The first-order valence-corrected chi connectivity index (χ1v) is 5.76. The molecule has 0 amide bonds. The summed E-state index contributed by atoms with van der Waals surface area (Å²) in [5, 5.41) is 12.6. The molecule has 17 heavy (non-hydrogen) atoms. The first kappa shape index (κ1) is 11.7. The van der Waals surface area contributed by atoms with Gasteiger partial charge in [0.05, 0.1) is 12.5 Å². The second-order valence-corrected chi connectivity index (χ2v) is 4.28. The average molecular weight is 231 g/mol. The molecule has 0 saturated heterocycles. The van der Waals surface area contributed by atoms with Crippen molar-refractivity contribution in [1.82, 2.24) is 5.32 Å². The summed E-state index contributed by atoms with van der Waals surface area (Å²) in [7, 11) is 0. The Kier molecular flexibility index (Phi) is 3.83. The van der Waals surface area contributed by atoms with Gasteiger partial charge in [0.25, 0.3) is 0 Å². The van der Waals surface area contributed by atoms with Crippen molar-refractivity contribution in [2.75, 3.05) is 0 Å². The van der Waals surface area contributed by atoms with Crippen molar-refractivity contribution in [3.8, 4) is 5.75 Å². The molecular weight excluding hydrogens is 214 g/mol. The normalized spacial score (nSPS) is 12.5. The molecule has 0 radical (unpaired) electrons. The van der Waals surface area contributed by atoms with Crippen LogP contribution in [0.2, 0.25) is 0 Å². The zero-order chi connectivity index (χ0) is 12.1. The summed E-state index contributed by atoms with van der Waals surface area (Å²) in [6.07, 6.45) is 4.38. The van der Waals surface area contributed by atoms with E-state index in [0.717, 1.165) is 18.5 Å². The summed E-state index contributed by atoms with van der Waals surface area (Å²) in [6.45, 7) is 2.96. The zero-order valence-electron chi connectivity index (χ0n) is 9.89. The maximum absolute atomic E-state index is 9.19. The molecule has 1 aromatic carbocycles. The molecule has 0 aliphatic carbocycles. The molecule has 1 atom stereocenters. The van der Waals surface area contributed by atoms with Crippen LogP contribution in [0, 0.1) is 0 Å². The highest BCUT2D eigenvalue weighted by atomic mass is 16.3. The van der Waals surface area contributed by atoms with E-state index >= 15 is 0 Å². The van der Waals surface area contributed by atoms with Crippen molar-refractivity contribution < 1.29 is 9.52 Å². The Hall–Kier alpha value is -1.74. The van der Waals surface area contributed by atoms with Gasteiger partial charge in [0.2, 0.25) is 0 Å². The monoisotopic (exact) mass is 231 g/mol. The first-order chi connectivity index (χ1) is 8.24. The number of phenolic OH excluding ortho intramolecular Hbond substituents is 1. The molecule has 1 aromatic heterocycles. The molecule has 2 aromatic rings. The smallest absolute Gasteiger partial charge is 0.115 e. The number of rotatable bonds is 5. The highest BCUT2D eigenvalue weighted by molar-refractivity contribution is 5.26. The van der Waals surface area contributed by atoms with Gasteiger partial charge in [-0.05, 0) is 37.1 Å². The lowest BCUT2D eigenvalue weighted by atomic mass is 10.1. The predicted octanol–water partition coefficient (Wildman–Crippen LogP) is 2.71. The number of furan rings is 1. The Morgan fingerprint density at radius 2 is 1.94 bits per heavy atom. The predicted molar refractivity (Wildman–Crippen MR) is 66.8 cm³/mol. The van der Waals surface area contributed by atoms with E-state index in [1.54, 1.807) is 24.7 Å². The quantitative estimate of drug-likeness (QED) is 0.831. The zero-order valence-corrected chi connectivity index (χ0v) is 9.89. The minimum absolute atomic E-state index is 0.313. The van der Waals surface area contributed by atoms with E-state index in [0.29, 0.717) is 11.8 Å². The van der Waals surface area contributed by atoms with Crippen molar-refractivity contribution in [3.63, 3.8) is 0 Å². The van der Waals surface area contributed by atoms with Crippen molar-refractivity contribution >= 4 is 0 Å². The molecule has 1 unspecified atom stereocenters. The third-order valence-electron chi connectivity index (χ3n) is 2.71. The Morgan fingerprint density at radius 1 is 1.18 bits per heavy atom. The Balaban J connectivity index is 1.80. The largest absolute Gasteiger partial charge is 0.508 e. The van der Waals surface area contributed by atoms with Gasteiger partial charge in [-0.15, -0.1) is 0 Å². The van der Waals surface area contributed by atoms with Gasteiger partial charge in [0.15, 0.2) is 0 Å². The van der Waals surface area contributed by atoms with Gasteiger partial charge in [-0.3, -0.25) is 0 Å².